The van der Waals surface area contributed by atoms with Gasteiger partial charge in [-0.3, -0.25) is 4.79 Å². The number of carbonyl (C=O) groups is 2. The number of carbonyl (C=O) groups excluding carboxylic acids is 1. The van der Waals surface area contributed by atoms with E-state index < -0.39 is 11.5 Å². The lowest BCUT2D eigenvalue weighted by atomic mass is 9.98. The van der Waals surface area contributed by atoms with Gasteiger partial charge in [0.2, 0.25) is 0 Å². The fourth-order valence-electron chi connectivity index (χ4n) is 3.10. The van der Waals surface area contributed by atoms with Crippen LogP contribution in [0.1, 0.15) is 59.2 Å². The number of carboxylic acid groups (broad SMARTS) is 1. The molecule has 3 rings (SSSR count). The van der Waals surface area contributed by atoms with E-state index in [9.17, 15) is 14.7 Å². The van der Waals surface area contributed by atoms with E-state index in [1.165, 1.54) is 11.3 Å². The van der Waals surface area contributed by atoms with E-state index in [1.807, 2.05) is 6.07 Å². The highest BCUT2D eigenvalue weighted by Crippen LogP contribution is 2.34. The summed E-state index contributed by atoms with van der Waals surface area (Å²) < 4.78 is 5.61. The summed E-state index contributed by atoms with van der Waals surface area (Å²) in [6, 6.07) is 3.68. The smallest absolute Gasteiger partial charge is 0.329 e. The number of carboxylic acids is 1. The molecule has 5 nitrogen and oxygen atoms in total. The first-order valence-corrected chi connectivity index (χ1v) is 8.20. The van der Waals surface area contributed by atoms with Gasteiger partial charge < -0.3 is 15.2 Å². The molecule has 1 saturated heterocycles. The van der Waals surface area contributed by atoms with E-state index in [4.69, 9.17) is 4.74 Å². The Bertz CT molecular complexity index is 542. The van der Waals surface area contributed by atoms with Gasteiger partial charge in [0.1, 0.15) is 5.54 Å². The topological polar surface area (TPSA) is 75.6 Å². The van der Waals surface area contributed by atoms with Crippen molar-refractivity contribution in [1.29, 1.82) is 0 Å². The number of hydrogen-bond donors (Lipinski definition) is 2. The highest BCUT2D eigenvalue weighted by Gasteiger charge is 2.42. The van der Waals surface area contributed by atoms with Gasteiger partial charge in [0.05, 0.1) is 11.0 Å². The van der Waals surface area contributed by atoms with Gasteiger partial charge in [0, 0.05) is 11.5 Å². The lowest BCUT2D eigenvalue weighted by Gasteiger charge is -2.24. The minimum absolute atomic E-state index is 0.0939. The average molecular weight is 309 g/mol. The van der Waals surface area contributed by atoms with Gasteiger partial charge in [0.15, 0.2) is 0 Å². The zero-order valence-electron chi connectivity index (χ0n) is 11.8. The monoisotopic (exact) mass is 309 g/mol. The SMILES string of the molecule is O=C(NC1(C(=O)O)CCCC1)c1ccc([C@@H]2CCCO2)s1. The van der Waals surface area contributed by atoms with Crippen molar-refractivity contribution >= 4 is 23.2 Å². The highest BCUT2D eigenvalue weighted by molar-refractivity contribution is 7.14. The van der Waals surface area contributed by atoms with Crippen molar-refractivity contribution in [1.82, 2.24) is 5.32 Å². The van der Waals surface area contributed by atoms with Gasteiger partial charge in [-0.2, -0.15) is 0 Å². The van der Waals surface area contributed by atoms with Crippen LogP contribution in [0.15, 0.2) is 12.1 Å². The molecular weight excluding hydrogens is 290 g/mol. The predicted molar refractivity (Wildman–Crippen MR) is 78.5 cm³/mol. The molecule has 2 aliphatic rings. The molecule has 21 heavy (non-hydrogen) atoms. The van der Waals surface area contributed by atoms with E-state index in [1.54, 1.807) is 6.07 Å². The molecule has 114 valence electrons. The molecule has 1 amide bonds. The molecular formula is C15H19NO4S. The molecule has 0 spiro atoms. The summed E-state index contributed by atoms with van der Waals surface area (Å²) in [6.07, 6.45) is 4.84. The maximum Gasteiger partial charge on any atom is 0.329 e. The molecule has 1 atom stereocenters. The fraction of sp³-hybridized carbons (Fsp3) is 0.600. The van der Waals surface area contributed by atoms with Crippen LogP contribution >= 0.6 is 11.3 Å². The summed E-state index contributed by atoms with van der Waals surface area (Å²) in [4.78, 5) is 25.4. The molecule has 1 saturated carbocycles. The van der Waals surface area contributed by atoms with E-state index in [-0.39, 0.29) is 12.0 Å². The van der Waals surface area contributed by atoms with E-state index in [0.29, 0.717) is 17.7 Å². The van der Waals surface area contributed by atoms with Crippen LogP contribution in [0.25, 0.3) is 0 Å². The van der Waals surface area contributed by atoms with Crippen molar-refractivity contribution in [3.05, 3.63) is 21.9 Å². The van der Waals surface area contributed by atoms with Gasteiger partial charge in [-0.1, -0.05) is 12.8 Å². The minimum atomic E-state index is -1.08. The van der Waals surface area contributed by atoms with Gasteiger partial charge in [-0.25, -0.2) is 4.79 Å². The maximum atomic E-state index is 12.3. The van der Waals surface area contributed by atoms with Crippen LogP contribution < -0.4 is 5.32 Å². The summed E-state index contributed by atoms with van der Waals surface area (Å²) >= 11 is 1.40. The second-order valence-electron chi connectivity index (χ2n) is 5.75. The van der Waals surface area contributed by atoms with Crippen molar-refractivity contribution in [2.24, 2.45) is 0 Å². The largest absolute Gasteiger partial charge is 0.480 e. The van der Waals surface area contributed by atoms with Crippen LogP contribution in [0.2, 0.25) is 0 Å². The Morgan fingerprint density at radius 1 is 1.29 bits per heavy atom. The normalized spacial score (nSPS) is 24.1. The number of amides is 1. The van der Waals surface area contributed by atoms with Crippen LogP contribution in [0.3, 0.4) is 0 Å². The Labute approximate surface area is 127 Å². The summed E-state index contributed by atoms with van der Waals surface area (Å²) in [6.45, 7) is 0.770. The number of hydrogen-bond acceptors (Lipinski definition) is 4. The first-order chi connectivity index (χ1) is 10.1. The molecule has 2 heterocycles. The molecule has 0 aromatic carbocycles. The standard InChI is InChI=1S/C15H19NO4S/c17-13(16-15(14(18)19)7-1-2-8-15)12-6-5-11(21-12)10-4-3-9-20-10/h5-6,10H,1-4,7-9H2,(H,16,17)(H,18,19)/t10-/m0/s1. The summed E-state index contributed by atoms with van der Waals surface area (Å²) in [5.74, 6) is -1.21. The molecule has 6 heteroatoms. The van der Waals surface area contributed by atoms with Crippen molar-refractivity contribution in [3.63, 3.8) is 0 Å². The zero-order valence-corrected chi connectivity index (χ0v) is 12.6. The second-order valence-corrected chi connectivity index (χ2v) is 6.87. The molecule has 2 fully saturated rings. The molecule has 1 aromatic rings. The van der Waals surface area contributed by atoms with E-state index >= 15 is 0 Å². The summed E-state index contributed by atoms with van der Waals surface area (Å²) in [5.41, 5.74) is -1.08. The Balaban J connectivity index is 1.71. The molecule has 1 aliphatic carbocycles. The zero-order chi connectivity index (χ0) is 14.9. The number of thiophene rings is 1. The lowest BCUT2D eigenvalue weighted by molar-refractivity contribution is -0.144. The summed E-state index contributed by atoms with van der Waals surface area (Å²) in [7, 11) is 0. The van der Waals surface area contributed by atoms with Crippen LogP contribution in [-0.2, 0) is 9.53 Å². The summed E-state index contributed by atoms with van der Waals surface area (Å²) in [5, 5.41) is 12.1. The van der Waals surface area contributed by atoms with Crippen molar-refractivity contribution in [2.75, 3.05) is 6.61 Å². The van der Waals surface area contributed by atoms with Crippen LogP contribution in [0.5, 0.6) is 0 Å². The van der Waals surface area contributed by atoms with Gasteiger partial charge in [0.25, 0.3) is 5.91 Å². The average Bonchev–Trinajstić information content (AvgIpc) is 3.20. The third kappa shape index (κ3) is 2.82. The van der Waals surface area contributed by atoms with Crippen LogP contribution in [-0.4, -0.2) is 29.1 Å². The Morgan fingerprint density at radius 2 is 2.05 bits per heavy atom. The quantitative estimate of drug-likeness (QED) is 0.896. The molecule has 0 unspecified atom stereocenters. The van der Waals surface area contributed by atoms with Crippen LogP contribution in [0.4, 0.5) is 0 Å². The predicted octanol–water partition coefficient (Wildman–Crippen LogP) is 2.73. The highest BCUT2D eigenvalue weighted by atomic mass is 32.1. The number of rotatable bonds is 4. The van der Waals surface area contributed by atoms with Crippen molar-refractivity contribution in [3.8, 4) is 0 Å². The Hall–Kier alpha value is -1.40. The molecule has 0 bridgehead atoms. The van der Waals surface area contributed by atoms with Crippen molar-refractivity contribution < 1.29 is 19.4 Å². The third-order valence-electron chi connectivity index (χ3n) is 4.32. The number of nitrogens with one attached hydrogen (secondary N) is 1. The fourth-order valence-corrected chi connectivity index (χ4v) is 4.09. The second kappa shape index (κ2) is 5.77. The van der Waals surface area contributed by atoms with Gasteiger partial charge in [-0.15, -0.1) is 11.3 Å². The first kappa shape index (κ1) is 14.5. The molecule has 0 radical (unpaired) electrons. The van der Waals surface area contributed by atoms with Gasteiger partial charge in [-0.05, 0) is 37.8 Å². The van der Waals surface area contributed by atoms with E-state index in [2.05, 4.69) is 5.32 Å². The Kier molecular flexibility index (Phi) is 3.99. The van der Waals surface area contributed by atoms with Crippen molar-refractivity contribution in [2.45, 2.75) is 50.2 Å². The van der Waals surface area contributed by atoms with Gasteiger partial charge >= 0.3 is 5.97 Å². The molecule has 1 aliphatic heterocycles. The Morgan fingerprint density at radius 3 is 2.67 bits per heavy atom. The molecule has 1 aromatic heterocycles. The van der Waals surface area contributed by atoms with E-state index in [0.717, 1.165) is 37.2 Å². The maximum absolute atomic E-state index is 12.3. The number of ether oxygens (including phenoxy) is 1. The minimum Gasteiger partial charge on any atom is -0.480 e. The lowest BCUT2D eigenvalue weighted by Crippen LogP contribution is -2.52. The number of aliphatic carboxylic acids is 1. The molecule has 2 N–H and O–H groups in total. The van der Waals surface area contributed by atoms with Crippen LogP contribution in [0, 0.1) is 0 Å². The first-order valence-electron chi connectivity index (χ1n) is 7.38. The third-order valence-corrected chi connectivity index (χ3v) is 5.49.